The molecule has 0 spiro atoms. The highest BCUT2D eigenvalue weighted by atomic mass is 79.9. The Labute approximate surface area is 115 Å². The third-order valence-corrected chi connectivity index (χ3v) is 4.05. The number of hydrogen-bond donors (Lipinski definition) is 2. The van der Waals surface area contributed by atoms with Gasteiger partial charge in [0.05, 0.1) is 6.10 Å². The first-order valence-electron chi connectivity index (χ1n) is 6.20. The van der Waals surface area contributed by atoms with E-state index in [0.29, 0.717) is 6.42 Å². The van der Waals surface area contributed by atoms with Crippen molar-refractivity contribution in [1.29, 1.82) is 0 Å². The Morgan fingerprint density at radius 1 is 1.56 bits per heavy atom. The molecule has 1 fully saturated rings. The summed E-state index contributed by atoms with van der Waals surface area (Å²) >= 11 is 3.43. The van der Waals surface area contributed by atoms with E-state index >= 15 is 0 Å². The average Bonchev–Trinajstić information content (AvgIpc) is 2.85. The van der Waals surface area contributed by atoms with Crippen LogP contribution >= 0.6 is 15.9 Å². The van der Waals surface area contributed by atoms with Crippen molar-refractivity contribution in [3.05, 3.63) is 34.1 Å². The largest absolute Gasteiger partial charge is 0.378 e. The van der Waals surface area contributed by atoms with Crippen molar-refractivity contribution in [3.63, 3.8) is 0 Å². The second-order valence-corrected chi connectivity index (χ2v) is 5.53. The minimum Gasteiger partial charge on any atom is -0.378 e. The van der Waals surface area contributed by atoms with Crippen LogP contribution in [-0.4, -0.2) is 18.8 Å². The smallest absolute Gasteiger partial charge is 0.123 e. The van der Waals surface area contributed by atoms with Gasteiger partial charge in [0.1, 0.15) is 5.82 Å². The minimum atomic E-state index is -0.221. The second kappa shape index (κ2) is 6.61. The molecule has 0 radical (unpaired) electrons. The molecule has 5 heteroatoms. The molecule has 0 bridgehead atoms. The average molecular weight is 317 g/mol. The summed E-state index contributed by atoms with van der Waals surface area (Å²) in [5, 5.41) is 0. The van der Waals surface area contributed by atoms with Crippen LogP contribution in [0, 0.1) is 5.82 Å². The van der Waals surface area contributed by atoms with Crippen molar-refractivity contribution in [2.75, 3.05) is 6.61 Å². The van der Waals surface area contributed by atoms with E-state index in [9.17, 15) is 4.39 Å². The summed E-state index contributed by atoms with van der Waals surface area (Å²) in [6, 6.07) is 4.82. The zero-order chi connectivity index (χ0) is 13.0. The number of rotatable bonds is 5. The van der Waals surface area contributed by atoms with E-state index in [0.717, 1.165) is 35.9 Å². The van der Waals surface area contributed by atoms with E-state index in [1.807, 2.05) is 0 Å². The van der Waals surface area contributed by atoms with Gasteiger partial charge >= 0.3 is 0 Å². The van der Waals surface area contributed by atoms with Gasteiger partial charge in [-0.2, -0.15) is 0 Å². The van der Waals surface area contributed by atoms with E-state index < -0.39 is 0 Å². The number of halogens is 2. The molecule has 1 aromatic rings. The molecule has 1 aromatic carbocycles. The summed E-state index contributed by atoms with van der Waals surface area (Å²) in [4.78, 5) is 0. The molecule has 100 valence electrons. The summed E-state index contributed by atoms with van der Waals surface area (Å²) in [6.45, 7) is 0.839. The number of nitrogens with two attached hydrogens (primary N) is 1. The quantitative estimate of drug-likeness (QED) is 0.648. The molecule has 2 rings (SSSR count). The fourth-order valence-corrected chi connectivity index (χ4v) is 2.73. The molecule has 2 unspecified atom stereocenters. The molecule has 0 amide bonds. The lowest BCUT2D eigenvalue weighted by Gasteiger charge is -2.20. The van der Waals surface area contributed by atoms with Crippen molar-refractivity contribution in [1.82, 2.24) is 5.43 Å². The summed E-state index contributed by atoms with van der Waals surface area (Å²) in [5.74, 6) is 5.35. The zero-order valence-corrected chi connectivity index (χ0v) is 11.7. The molecule has 0 saturated carbocycles. The highest BCUT2D eigenvalue weighted by Crippen LogP contribution is 2.22. The number of nitrogens with one attached hydrogen (secondary N) is 1. The van der Waals surface area contributed by atoms with Crippen LogP contribution in [-0.2, 0) is 11.2 Å². The maximum atomic E-state index is 13.2. The van der Waals surface area contributed by atoms with Gasteiger partial charge in [-0.15, -0.1) is 0 Å². The lowest BCUT2D eigenvalue weighted by Crippen LogP contribution is -2.39. The van der Waals surface area contributed by atoms with Crippen molar-refractivity contribution < 1.29 is 9.13 Å². The first kappa shape index (κ1) is 13.9. The van der Waals surface area contributed by atoms with E-state index in [2.05, 4.69) is 21.4 Å². The van der Waals surface area contributed by atoms with Gasteiger partial charge in [0.25, 0.3) is 0 Å². The maximum absolute atomic E-state index is 13.2. The monoisotopic (exact) mass is 316 g/mol. The van der Waals surface area contributed by atoms with Crippen LogP contribution in [0.15, 0.2) is 22.7 Å². The van der Waals surface area contributed by atoms with Gasteiger partial charge in [-0.3, -0.25) is 11.3 Å². The fourth-order valence-electron chi connectivity index (χ4n) is 2.32. The Morgan fingerprint density at radius 3 is 3.06 bits per heavy atom. The van der Waals surface area contributed by atoms with Gasteiger partial charge in [0.15, 0.2) is 0 Å². The van der Waals surface area contributed by atoms with Crippen LogP contribution in [0.4, 0.5) is 4.39 Å². The predicted molar refractivity (Wildman–Crippen MR) is 72.5 cm³/mol. The van der Waals surface area contributed by atoms with E-state index in [-0.39, 0.29) is 18.0 Å². The zero-order valence-electron chi connectivity index (χ0n) is 10.2. The molecule has 1 heterocycles. The van der Waals surface area contributed by atoms with Gasteiger partial charge in [-0.05, 0) is 49.4 Å². The molecule has 18 heavy (non-hydrogen) atoms. The fraction of sp³-hybridized carbons (Fsp3) is 0.538. The van der Waals surface area contributed by atoms with Crippen molar-refractivity contribution in [3.8, 4) is 0 Å². The van der Waals surface area contributed by atoms with Gasteiger partial charge in [0.2, 0.25) is 0 Å². The highest BCUT2D eigenvalue weighted by molar-refractivity contribution is 9.10. The Bertz CT molecular complexity index is 397. The minimum absolute atomic E-state index is 0.103. The van der Waals surface area contributed by atoms with E-state index in [1.165, 1.54) is 6.07 Å². The number of ether oxygens (including phenoxy) is 1. The van der Waals surface area contributed by atoms with Gasteiger partial charge in [0, 0.05) is 17.1 Å². The Hall–Kier alpha value is -0.490. The third-order valence-electron chi connectivity index (χ3n) is 3.28. The summed E-state index contributed by atoms with van der Waals surface area (Å²) in [6.07, 6.45) is 4.03. The molecule has 3 nitrogen and oxygen atoms in total. The van der Waals surface area contributed by atoms with Crippen molar-refractivity contribution >= 4 is 15.9 Å². The van der Waals surface area contributed by atoms with Gasteiger partial charge < -0.3 is 4.74 Å². The molecule has 2 atom stereocenters. The SMILES string of the molecule is NNC(Cc1cc(F)ccc1Br)CC1CCCO1. The molecule has 1 aliphatic rings. The highest BCUT2D eigenvalue weighted by Gasteiger charge is 2.21. The molecular weight excluding hydrogens is 299 g/mol. The molecule has 0 aliphatic carbocycles. The molecular formula is C13H18BrFN2O. The van der Waals surface area contributed by atoms with E-state index in [1.54, 1.807) is 12.1 Å². The third kappa shape index (κ3) is 3.75. The van der Waals surface area contributed by atoms with Crippen LogP contribution in [0.1, 0.15) is 24.8 Å². The lowest BCUT2D eigenvalue weighted by atomic mass is 10.00. The van der Waals surface area contributed by atoms with Crippen LogP contribution in [0.5, 0.6) is 0 Å². The maximum Gasteiger partial charge on any atom is 0.123 e. The van der Waals surface area contributed by atoms with Crippen LogP contribution < -0.4 is 11.3 Å². The van der Waals surface area contributed by atoms with Crippen molar-refractivity contribution in [2.45, 2.75) is 37.8 Å². The van der Waals surface area contributed by atoms with Crippen molar-refractivity contribution in [2.24, 2.45) is 5.84 Å². The first-order valence-corrected chi connectivity index (χ1v) is 7.00. The number of hydrogen-bond acceptors (Lipinski definition) is 3. The van der Waals surface area contributed by atoms with Gasteiger partial charge in [-0.25, -0.2) is 4.39 Å². The van der Waals surface area contributed by atoms with Gasteiger partial charge in [-0.1, -0.05) is 15.9 Å². The standard InChI is InChI=1S/C13H18BrFN2O/c14-13-4-3-10(15)6-9(13)7-11(17-16)8-12-2-1-5-18-12/h3-4,6,11-12,17H,1-2,5,7-8,16H2. The molecule has 1 aliphatic heterocycles. The Kier molecular flexibility index (Phi) is 5.12. The predicted octanol–water partition coefficient (Wildman–Crippen LogP) is 2.53. The summed E-state index contributed by atoms with van der Waals surface area (Å²) in [7, 11) is 0. The first-order chi connectivity index (χ1) is 8.69. The molecule has 0 aromatic heterocycles. The second-order valence-electron chi connectivity index (χ2n) is 4.67. The summed E-state index contributed by atoms with van der Waals surface area (Å²) in [5.41, 5.74) is 3.73. The van der Waals surface area contributed by atoms with Crippen LogP contribution in [0.25, 0.3) is 0 Å². The lowest BCUT2D eigenvalue weighted by molar-refractivity contribution is 0.0946. The summed E-state index contributed by atoms with van der Waals surface area (Å²) < 4.78 is 19.7. The Morgan fingerprint density at radius 2 is 2.39 bits per heavy atom. The van der Waals surface area contributed by atoms with Crippen LogP contribution in [0.3, 0.4) is 0 Å². The Balaban J connectivity index is 1.98. The molecule has 1 saturated heterocycles. The topological polar surface area (TPSA) is 47.3 Å². The molecule has 3 N–H and O–H groups in total. The van der Waals surface area contributed by atoms with Crippen LogP contribution in [0.2, 0.25) is 0 Å². The number of benzene rings is 1. The van der Waals surface area contributed by atoms with E-state index in [4.69, 9.17) is 10.6 Å². The normalized spacial score (nSPS) is 21.2. The number of hydrazine groups is 1.